The number of nitrogens with zero attached hydrogens (tertiary/aromatic N) is 2. The molecule has 0 aromatic rings. The van der Waals surface area contributed by atoms with Crippen LogP contribution in [0.2, 0.25) is 0 Å². The first kappa shape index (κ1) is 19.6. The lowest BCUT2D eigenvalue weighted by atomic mass is 9.91. The van der Waals surface area contributed by atoms with Gasteiger partial charge in [-0.05, 0) is 53.4 Å². The number of rotatable bonds is 9. The van der Waals surface area contributed by atoms with Crippen LogP contribution >= 0.6 is 0 Å². The molecule has 3 aliphatic rings. The van der Waals surface area contributed by atoms with Gasteiger partial charge in [-0.25, -0.2) is 0 Å². The first-order chi connectivity index (χ1) is 12.0. The van der Waals surface area contributed by atoms with Gasteiger partial charge in [0.05, 0.1) is 36.6 Å². The zero-order chi connectivity index (χ0) is 17.8. The van der Waals surface area contributed by atoms with Crippen molar-refractivity contribution in [2.24, 2.45) is 0 Å². The topological polar surface area (TPSA) is 34.2 Å². The molecular formula is C20H38N2O3. The van der Waals surface area contributed by atoms with E-state index in [1.807, 2.05) is 0 Å². The summed E-state index contributed by atoms with van der Waals surface area (Å²) in [6.45, 7) is 15.4. The van der Waals surface area contributed by atoms with Crippen LogP contribution in [-0.4, -0.2) is 85.7 Å². The molecule has 0 aromatic heterocycles. The SMILES string of the molecule is CC(C)OC1CN(CCN2CCC(O[C@H]3C[C@H](OC(C)C)C3)CC2)C1. The average molecular weight is 355 g/mol. The van der Waals surface area contributed by atoms with E-state index in [-0.39, 0.29) is 0 Å². The number of likely N-dealkylation sites (tertiary alicyclic amines) is 2. The monoisotopic (exact) mass is 354 g/mol. The lowest BCUT2D eigenvalue weighted by Gasteiger charge is -2.42. The van der Waals surface area contributed by atoms with Gasteiger partial charge >= 0.3 is 0 Å². The predicted octanol–water partition coefficient (Wildman–Crippen LogP) is 2.53. The zero-order valence-corrected chi connectivity index (χ0v) is 16.7. The van der Waals surface area contributed by atoms with Crippen molar-refractivity contribution in [3.05, 3.63) is 0 Å². The Morgan fingerprint density at radius 3 is 1.88 bits per heavy atom. The van der Waals surface area contributed by atoms with E-state index in [0.29, 0.717) is 36.6 Å². The standard InChI is InChI=1S/C20H38N2O3/c1-15(2)23-18-11-19(12-18)25-17-5-7-21(8-6-17)9-10-22-13-20(14-22)24-16(3)4/h15-20H,5-14H2,1-4H3/t18-,19-. The molecule has 1 saturated carbocycles. The van der Waals surface area contributed by atoms with Gasteiger partial charge in [-0.15, -0.1) is 0 Å². The summed E-state index contributed by atoms with van der Waals surface area (Å²) in [5, 5.41) is 0. The summed E-state index contributed by atoms with van der Waals surface area (Å²) >= 11 is 0. The third-order valence-electron chi connectivity index (χ3n) is 5.56. The summed E-state index contributed by atoms with van der Waals surface area (Å²) in [6, 6.07) is 0. The van der Waals surface area contributed by atoms with Crippen molar-refractivity contribution in [1.82, 2.24) is 9.80 Å². The van der Waals surface area contributed by atoms with Crippen LogP contribution in [0, 0.1) is 0 Å². The van der Waals surface area contributed by atoms with E-state index in [4.69, 9.17) is 14.2 Å². The summed E-state index contributed by atoms with van der Waals surface area (Å²) in [7, 11) is 0. The minimum Gasteiger partial charge on any atom is -0.375 e. The summed E-state index contributed by atoms with van der Waals surface area (Å²) in [4.78, 5) is 5.11. The van der Waals surface area contributed by atoms with Crippen LogP contribution in [-0.2, 0) is 14.2 Å². The summed E-state index contributed by atoms with van der Waals surface area (Å²) in [5.74, 6) is 0. The normalized spacial score (nSPS) is 30.0. The van der Waals surface area contributed by atoms with Crippen LogP contribution < -0.4 is 0 Å². The fourth-order valence-corrected chi connectivity index (χ4v) is 4.12. The Bertz CT molecular complexity index is 384. The van der Waals surface area contributed by atoms with E-state index in [9.17, 15) is 0 Å². The van der Waals surface area contributed by atoms with Crippen molar-refractivity contribution in [3.8, 4) is 0 Å². The Hall–Kier alpha value is -0.200. The summed E-state index contributed by atoms with van der Waals surface area (Å²) in [5.41, 5.74) is 0. The molecule has 0 aromatic carbocycles. The number of hydrogen-bond acceptors (Lipinski definition) is 5. The molecule has 5 nitrogen and oxygen atoms in total. The summed E-state index contributed by atoms with van der Waals surface area (Å²) < 4.78 is 17.9. The van der Waals surface area contributed by atoms with Gasteiger partial charge in [0, 0.05) is 39.3 Å². The fraction of sp³-hybridized carbons (Fsp3) is 1.00. The second-order valence-corrected chi connectivity index (χ2v) is 8.64. The number of piperidine rings is 1. The highest BCUT2D eigenvalue weighted by atomic mass is 16.5. The number of ether oxygens (including phenoxy) is 3. The second-order valence-electron chi connectivity index (χ2n) is 8.64. The first-order valence-corrected chi connectivity index (χ1v) is 10.4. The Labute approximate surface area is 154 Å². The van der Waals surface area contributed by atoms with E-state index in [2.05, 4.69) is 37.5 Å². The van der Waals surface area contributed by atoms with E-state index >= 15 is 0 Å². The van der Waals surface area contributed by atoms with E-state index in [1.165, 1.54) is 39.0 Å². The summed E-state index contributed by atoms with van der Waals surface area (Å²) in [6.07, 6.45) is 7.06. The van der Waals surface area contributed by atoms with Crippen LogP contribution in [0.3, 0.4) is 0 Å². The Morgan fingerprint density at radius 1 is 0.720 bits per heavy atom. The lowest BCUT2D eigenvalue weighted by Crippen LogP contribution is -2.55. The fourth-order valence-electron chi connectivity index (χ4n) is 4.12. The van der Waals surface area contributed by atoms with Gasteiger partial charge in [-0.3, -0.25) is 4.90 Å². The van der Waals surface area contributed by atoms with Crippen molar-refractivity contribution in [2.45, 2.75) is 90.0 Å². The van der Waals surface area contributed by atoms with Gasteiger partial charge in [0.2, 0.25) is 0 Å². The Kier molecular flexibility index (Phi) is 7.15. The van der Waals surface area contributed by atoms with Crippen molar-refractivity contribution >= 4 is 0 Å². The molecule has 146 valence electrons. The van der Waals surface area contributed by atoms with Crippen molar-refractivity contribution in [2.75, 3.05) is 39.3 Å². The average Bonchev–Trinajstić information content (AvgIpc) is 2.48. The van der Waals surface area contributed by atoms with Gasteiger partial charge in [0.25, 0.3) is 0 Å². The quantitative estimate of drug-likeness (QED) is 0.636. The Balaban J connectivity index is 1.21. The molecule has 1 aliphatic carbocycles. The molecule has 5 heteroatoms. The molecule has 3 rings (SSSR count). The molecule has 0 unspecified atom stereocenters. The van der Waals surface area contributed by atoms with Crippen molar-refractivity contribution < 1.29 is 14.2 Å². The largest absolute Gasteiger partial charge is 0.375 e. The van der Waals surface area contributed by atoms with Crippen LogP contribution in [0.25, 0.3) is 0 Å². The van der Waals surface area contributed by atoms with Gasteiger partial charge in [0.15, 0.2) is 0 Å². The predicted molar refractivity (Wildman–Crippen MR) is 100 cm³/mol. The molecule has 3 fully saturated rings. The lowest BCUT2D eigenvalue weighted by molar-refractivity contribution is -0.146. The zero-order valence-electron chi connectivity index (χ0n) is 16.7. The van der Waals surface area contributed by atoms with E-state index in [0.717, 1.165) is 25.9 Å². The molecule has 0 amide bonds. The maximum absolute atomic E-state index is 6.26. The highest BCUT2D eigenvalue weighted by Gasteiger charge is 2.34. The molecule has 0 radical (unpaired) electrons. The smallest absolute Gasteiger partial charge is 0.0832 e. The van der Waals surface area contributed by atoms with Gasteiger partial charge in [-0.1, -0.05) is 0 Å². The molecule has 0 bridgehead atoms. The van der Waals surface area contributed by atoms with Crippen LogP contribution in [0.1, 0.15) is 53.4 Å². The molecule has 2 saturated heterocycles. The maximum Gasteiger partial charge on any atom is 0.0832 e. The molecule has 0 spiro atoms. The maximum atomic E-state index is 6.26. The third-order valence-corrected chi connectivity index (χ3v) is 5.56. The first-order valence-electron chi connectivity index (χ1n) is 10.4. The molecule has 2 aliphatic heterocycles. The van der Waals surface area contributed by atoms with E-state index < -0.39 is 0 Å². The van der Waals surface area contributed by atoms with Crippen LogP contribution in [0.4, 0.5) is 0 Å². The molecular weight excluding hydrogens is 316 g/mol. The molecule has 0 atom stereocenters. The molecule has 2 heterocycles. The minimum absolute atomic E-state index is 0.341. The van der Waals surface area contributed by atoms with Gasteiger partial charge in [0.1, 0.15) is 0 Å². The molecule has 25 heavy (non-hydrogen) atoms. The number of hydrogen-bond donors (Lipinski definition) is 0. The van der Waals surface area contributed by atoms with Crippen molar-refractivity contribution in [1.29, 1.82) is 0 Å². The highest BCUT2D eigenvalue weighted by molar-refractivity contribution is 4.85. The second kappa shape index (κ2) is 9.14. The van der Waals surface area contributed by atoms with Crippen molar-refractivity contribution in [3.63, 3.8) is 0 Å². The van der Waals surface area contributed by atoms with E-state index in [1.54, 1.807) is 0 Å². The highest BCUT2D eigenvalue weighted by Crippen LogP contribution is 2.30. The third kappa shape index (κ3) is 6.17. The molecule has 0 N–H and O–H groups in total. The van der Waals surface area contributed by atoms with Crippen LogP contribution in [0.5, 0.6) is 0 Å². The van der Waals surface area contributed by atoms with Gasteiger partial charge < -0.3 is 19.1 Å². The van der Waals surface area contributed by atoms with Crippen LogP contribution in [0.15, 0.2) is 0 Å². The minimum atomic E-state index is 0.341. The Morgan fingerprint density at radius 2 is 1.28 bits per heavy atom. The van der Waals surface area contributed by atoms with Gasteiger partial charge in [-0.2, -0.15) is 0 Å².